The Hall–Kier alpha value is -2.38. The Morgan fingerprint density at radius 3 is 2.07 bits per heavy atom. The number of hydrogen-bond donors (Lipinski definition) is 1. The molecule has 3 aromatic carbocycles. The van der Waals surface area contributed by atoms with Crippen LogP contribution in [0.3, 0.4) is 0 Å². The van der Waals surface area contributed by atoms with Gasteiger partial charge in [0, 0.05) is 22.3 Å². The highest BCUT2D eigenvalue weighted by Gasteiger charge is 2.27. The molecule has 156 valence electrons. The third-order valence-electron chi connectivity index (χ3n) is 4.46. The van der Waals surface area contributed by atoms with E-state index >= 15 is 0 Å². The predicted molar refractivity (Wildman–Crippen MR) is 120 cm³/mol. The molecule has 1 amide bonds. The second-order valence-corrected chi connectivity index (χ2v) is 9.53. The SMILES string of the molecule is Cc1ccccc1NC(=O)CN(Cc1ccc(Cl)cc1)S(=O)(=O)c1ccc(Cl)cc1. The van der Waals surface area contributed by atoms with Gasteiger partial charge in [0.25, 0.3) is 0 Å². The topological polar surface area (TPSA) is 66.5 Å². The molecule has 0 radical (unpaired) electrons. The first kappa shape index (κ1) is 22.3. The Balaban J connectivity index is 1.88. The number of aryl methyl sites for hydroxylation is 1. The fraction of sp³-hybridized carbons (Fsp3) is 0.136. The highest BCUT2D eigenvalue weighted by Crippen LogP contribution is 2.22. The summed E-state index contributed by atoms with van der Waals surface area (Å²) in [7, 11) is -3.94. The highest BCUT2D eigenvalue weighted by atomic mass is 35.5. The van der Waals surface area contributed by atoms with Gasteiger partial charge in [-0.15, -0.1) is 0 Å². The zero-order chi connectivity index (χ0) is 21.7. The van der Waals surface area contributed by atoms with Gasteiger partial charge in [0.2, 0.25) is 15.9 Å². The van der Waals surface area contributed by atoms with Gasteiger partial charge in [0.1, 0.15) is 0 Å². The maximum Gasteiger partial charge on any atom is 0.243 e. The largest absolute Gasteiger partial charge is 0.325 e. The van der Waals surface area contributed by atoms with Crippen molar-refractivity contribution >= 4 is 44.8 Å². The molecule has 3 rings (SSSR count). The monoisotopic (exact) mass is 462 g/mol. The van der Waals surface area contributed by atoms with E-state index in [9.17, 15) is 13.2 Å². The van der Waals surface area contributed by atoms with E-state index in [4.69, 9.17) is 23.2 Å². The van der Waals surface area contributed by atoms with Crippen LogP contribution < -0.4 is 5.32 Å². The van der Waals surface area contributed by atoms with E-state index in [0.717, 1.165) is 9.87 Å². The number of carbonyl (C=O) groups is 1. The molecule has 0 saturated carbocycles. The molecule has 3 aromatic rings. The van der Waals surface area contributed by atoms with Crippen LogP contribution >= 0.6 is 23.2 Å². The normalized spacial score (nSPS) is 11.5. The van der Waals surface area contributed by atoms with Crippen LogP contribution in [-0.2, 0) is 21.4 Å². The molecule has 5 nitrogen and oxygen atoms in total. The fourth-order valence-electron chi connectivity index (χ4n) is 2.84. The third-order valence-corrected chi connectivity index (χ3v) is 6.77. The van der Waals surface area contributed by atoms with Gasteiger partial charge in [0.15, 0.2) is 0 Å². The zero-order valence-corrected chi connectivity index (χ0v) is 18.5. The number of benzene rings is 3. The maximum absolute atomic E-state index is 13.2. The van der Waals surface area contributed by atoms with Crippen LogP contribution in [0.5, 0.6) is 0 Å². The molecule has 0 aliphatic heterocycles. The van der Waals surface area contributed by atoms with Crippen molar-refractivity contribution in [1.29, 1.82) is 0 Å². The number of nitrogens with zero attached hydrogens (tertiary/aromatic N) is 1. The van der Waals surface area contributed by atoms with Crippen LogP contribution in [0.1, 0.15) is 11.1 Å². The Morgan fingerprint density at radius 2 is 1.47 bits per heavy atom. The van der Waals surface area contributed by atoms with Crippen LogP contribution in [0.4, 0.5) is 5.69 Å². The summed E-state index contributed by atoms with van der Waals surface area (Å²) >= 11 is 11.8. The van der Waals surface area contributed by atoms with Gasteiger partial charge >= 0.3 is 0 Å². The average molecular weight is 463 g/mol. The van der Waals surface area contributed by atoms with Crippen molar-refractivity contribution in [3.8, 4) is 0 Å². The summed E-state index contributed by atoms with van der Waals surface area (Å²) in [5, 5.41) is 3.75. The summed E-state index contributed by atoms with van der Waals surface area (Å²) in [5.41, 5.74) is 2.23. The standard InChI is InChI=1S/C22H20Cl2N2O3S/c1-16-4-2-3-5-21(16)25-22(27)15-26(14-17-6-8-18(23)9-7-17)30(28,29)20-12-10-19(24)11-13-20/h2-13H,14-15H2,1H3,(H,25,27). The lowest BCUT2D eigenvalue weighted by Gasteiger charge is -2.22. The molecule has 0 atom stereocenters. The molecule has 8 heteroatoms. The number of amides is 1. The Kier molecular flexibility index (Phi) is 7.15. The molecule has 0 spiro atoms. The maximum atomic E-state index is 13.2. The lowest BCUT2D eigenvalue weighted by Crippen LogP contribution is -2.37. The van der Waals surface area contributed by atoms with Crippen LogP contribution in [0.15, 0.2) is 77.7 Å². The average Bonchev–Trinajstić information content (AvgIpc) is 2.71. The first-order valence-electron chi connectivity index (χ1n) is 9.11. The van der Waals surface area contributed by atoms with E-state index in [1.165, 1.54) is 24.3 Å². The molecular weight excluding hydrogens is 443 g/mol. The van der Waals surface area contributed by atoms with E-state index in [1.54, 1.807) is 36.4 Å². The van der Waals surface area contributed by atoms with Crippen LogP contribution in [0.25, 0.3) is 0 Å². The molecule has 0 heterocycles. The molecule has 0 aromatic heterocycles. The second-order valence-electron chi connectivity index (χ2n) is 6.72. The minimum atomic E-state index is -3.94. The van der Waals surface area contributed by atoms with E-state index in [-0.39, 0.29) is 18.0 Å². The van der Waals surface area contributed by atoms with Crippen molar-refractivity contribution in [2.75, 3.05) is 11.9 Å². The minimum absolute atomic E-state index is 0.0172. The number of hydrogen-bond acceptors (Lipinski definition) is 3. The minimum Gasteiger partial charge on any atom is -0.325 e. The third kappa shape index (κ3) is 5.61. The van der Waals surface area contributed by atoms with Gasteiger partial charge in [-0.25, -0.2) is 8.42 Å². The van der Waals surface area contributed by atoms with Gasteiger partial charge in [-0.1, -0.05) is 53.5 Å². The lowest BCUT2D eigenvalue weighted by atomic mass is 10.2. The number of nitrogens with one attached hydrogen (secondary N) is 1. The van der Waals surface area contributed by atoms with Crippen LogP contribution in [-0.4, -0.2) is 25.2 Å². The van der Waals surface area contributed by atoms with Crippen molar-refractivity contribution in [3.63, 3.8) is 0 Å². The quantitative estimate of drug-likeness (QED) is 0.528. The highest BCUT2D eigenvalue weighted by molar-refractivity contribution is 7.89. The van der Waals surface area contributed by atoms with Gasteiger partial charge < -0.3 is 5.32 Å². The molecule has 0 saturated heterocycles. The molecular formula is C22H20Cl2N2O3S. The molecule has 0 bridgehead atoms. The molecule has 0 fully saturated rings. The summed E-state index contributed by atoms with van der Waals surface area (Å²) < 4.78 is 27.6. The van der Waals surface area contributed by atoms with Gasteiger partial charge in [-0.3, -0.25) is 4.79 Å². The Morgan fingerprint density at radius 1 is 0.900 bits per heavy atom. The number of para-hydroxylation sites is 1. The van der Waals surface area contributed by atoms with Crippen molar-refractivity contribution in [2.45, 2.75) is 18.4 Å². The van der Waals surface area contributed by atoms with Gasteiger partial charge in [0.05, 0.1) is 11.4 Å². The number of halogens is 2. The first-order valence-corrected chi connectivity index (χ1v) is 11.3. The van der Waals surface area contributed by atoms with Gasteiger partial charge in [-0.05, 0) is 60.5 Å². The zero-order valence-electron chi connectivity index (χ0n) is 16.2. The van der Waals surface area contributed by atoms with E-state index in [1.807, 2.05) is 19.1 Å². The number of carbonyl (C=O) groups excluding carboxylic acids is 1. The summed E-state index contributed by atoms with van der Waals surface area (Å²) in [6.07, 6.45) is 0. The van der Waals surface area contributed by atoms with Crippen molar-refractivity contribution in [3.05, 3.63) is 94.0 Å². The van der Waals surface area contributed by atoms with Crippen LogP contribution in [0, 0.1) is 6.92 Å². The van der Waals surface area contributed by atoms with E-state index in [0.29, 0.717) is 21.3 Å². The van der Waals surface area contributed by atoms with Crippen molar-refractivity contribution < 1.29 is 13.2 Å². The summed E-state index contributed by atoms with van der Waals surface area (Å²) in [6.45, 7) is 1.54. The fourth-order valence-corrected chi connectivity index (χ4v) is 4.47. The summed E-state index contributed by atoms with van der Waals surface area (Å²) in [6, 6.07) is 20.0. The smallest absolute Gasteiger partial charge is 0.243 e. The molecule has 0 aliphatic rings. The van der Waals surface area contributed by atoms with Crippen molar-refractivity contribution in [2.24, 2.45) is 0 Å². The molecule has 1 N–H and O–H groups in total. The van der Waals surface area contributed by atoms with E-state index in [2.05, 4.69) is 5.32 Å². The van der Waals surface area contributed by atoms with Gasteiger partial charge in [-0.2, -0.15) is 4.31 Å². The van der Waals surface area contributed by atoms with E-state index < -0.39 is 15.9 Å². The lowest BCUT2D eigenvalue weighted by molar-refractivity contribution is -0.116. The molecule has 30 heavy (non-hydrogen) atoms. The summed E-state index contributed by atoms with van der Waals surface area (Å²) in [4.78, 5) is 12.8. The number of anilines is 1. The predicted octanol–water partition coefficient (Wildman–Crippen LogP) is 5.13. The Bertz CT molecular complexity index is 1130. The van der Waals surface area contributed by atoms with Crippen LogP contribution in [0.2, 0.25) is 10.0 Å². The molecule has 0 unspecified atom stereocenters. The summed E-state index contributed by atoms with van der Waals surface area (Å²) in [5.74, 6) is -0.434. The first-order chi connectivity index (χ1) is 14.3. The number of rotatable bonds is 7. The second kappa shape index (κ2) is 9.62. The number of sulfonamides is 1. The Labute approximate surface area is 186 Å². The molecule has 0 aliphatic carbocycles. The van der Waals surface area contributed by atoms with Crippen molar-refractivity contribution in [1.82, 2.24) is 4.31 Å².